The third-order valence-electron chi connectivity index (χ3n) is 3.49. The van der Waals surface area contributed by atoms with Crippen LogP contribution in [0.25, 0.3) is 0 Å². The van der Waals surface area contributed by atoms with Crippen molar-refractivity contribution in [3.05, 3.63) is 65.2 Å². The maximum atomic E-state index is 12.1. The molecule has 0 aromatic heterocycles. The SMILES string of the molecule is O=C(NCCc1ccccc1)c1ccc2c(c1)CCO2. The van der Waals surface area contributed by atoms with Crippen molar-refractivity contribution in [2.45, 2.75) is 12.8 Å². The molecule has 20 heavy (non-hydrogen) atoms. The molecule has 1 N–H and O–H groups in total. The van der Waals surface area contributed by atoms with Gasteiger partial charge in [0.15, 0.2) is 0 Å². The molecular weight excluding hydrogens is 250 g/mol. The van der Waals surface area contributed by atoms with E-state index in [0.29, 0.717) is 18.7 Å². The molecule has 102 valence electrons. The monoisotopic (exact) mass is 267 g/mol. The fourth-order valence-electron chi connectivity index (χ4n) is 2.39. The third-order valence-corrected chi connectivity index (χ3v) is 3.49. The van der Waals surface area contributed by atoms with Gasteiger partial charge in [-0.05, 0) is 35.7 Å². The molecule has 0 fully saturated rings. The lowest BCUT2D eigenvalue weighted by Crippen LogP contribution is -2.25. The number of rotatable bonds is 4. The Balaban J connectivity index is 1.57. The molecule has 1 heterocycles. The number of ether oxygens (including phenoxy) is 1. The first-order chi connectivity index (χ1) is 9.83. The molecule has 0 saturated carbocycles. The molecule has 0 atom stereocenters. The van der Waals surface area contributed by atoms with Gasteiger partial charge in [0, 0.05) is 18.5 Å². The molecule has 0 spiro atoms. The average Bonchev–Trinajstić information content (AvgIpc) is 2.95. The normalized spacial score (nSPS) is 12.6. The van der Waals surface area contributed by atoms with Crippen molar-refractivity contribution in [3.63, 3.8) is 0 Å². The van der Waals surface area contributed by atoms with Crippen LogP contribution in [0.2, 0.25) is 0 Å². The summed E-state index contributed by atoms with van der Waals surface area (Å²) in [4.78, 5) is 12.1. The minimum Gasteiger partial charge on any atom is -0.493 e. The highest BCUT2D eigenvalue weighted by Gasteiger charge is 2.14. The summed E-state index contributed by atoms with van der Waals surface area (Å²) in [6.45, 7) is 1.37. The van der Waals surface area contributed by atoms with Crippen LogP contribution in [-0.2, 0) is 12.8 Å². The van der Waals surface area contributed by atoms with Gasteiger partial charge in [-0.1, -0.05) is 30.3 Å². The van der Waals surface area contributed by atoms with Crippen LogP contribution < -0.4 is 10.1 Å². The number of carbonyl (C=O) groups is 1. The third kappa shape index (κ3) is 2.82. The van der Waals surface area contributed by atoms with Gasteiger partial charge in [0.1, 0.15) is 5.75 Å². The first kappa shape index (κ1) is 12.7. The summed E-state index contributed by atoms with van der Waals surface area (Å²) in [5.74, 6) is 0.890. The zero-order chi connectivity index (χ0) is 13.8. The van der Waals surface area contributed by atoms with Crippen molar-refractivity contribution in [2.75, 3.05) is 13.2 Å². The zero-order valence-corrected chi connectivity index (χ0v) is 11.3. The molecule has 2 aromatic rings. The summed E-state index contributed by atoms with van der Waals surface area (Å²) in [6, 6.07) is 15.8. The Morgan fingerprint density at radius 3 is 2.85 bits per heavy atom. The topological polar surface area (TPSA) is 38.3 Å². The molecule has 0 unspecified atom stereocenters. The van der Waals surface area contributed by atoms with Gasteiger partial charge in [-0.3, -0.25) is 4.79 Å². The largest absolute Gasteiger partial charge is 0.493 e. The highest BCUT2D eigenvalue weighted by molar-refractivity contribution is 5.94. The number of benzene rings is 2. The molecule has 3 nitrogen and oxygen atoms in total. The van der Waals surface area contributed by atoms with Gasteiger partial charge in [0.05, 0.1) is 6.61 Å². The van der Waals surface area contributed by atoms with E-state index in [2.05, 4.69) is 17.4 Å². The molecule has 0 aliphatic carbocycles. The van der Waals surface area contributed by atoms with Crippen LogP contribution >= 0.6 is 0 Å². The van der Waals surface area contributed by atoms with Crippen molar-refractivity contribution >= 4 is 5.91 Å². The second-order valence-corrected chi connectivity index (χ2v) is 4.91. The Bertz CT molecular complexity index is 608. The minimum absolute atomic E-state index is 0.0179. The lowest BCUT2D eigenvalue weighted by Gasteiger charge is -2.06. The Morgan fingerprint density at radius 1 is 1.15 bits per heavy atom. The highest BCUT2D eigenvalue weighted by atomic mass is 16.5. The molecule has 1 amide bonds. The fraction of sp³-hybridized carbons (Fsp3) is 0.235. The summed E-state index contributed by atoms with van der Waals surface area (Å²) in [6.07, 6.45) is 1.74. The van der Waals surface area contributed by atoms with Crippen LogP contribution in [0.1, 0.15) is 21.5 Å². The minimum atomic E-state index is -0.0179. The maximum absolute atomic E-state index is 12.1. The molecule has 0 radical (unpaired) electrons. The predicted molar refractivity (Wildman–Crippen MR) is 78.1 cm³/mol. The fourth-order valence-corrected chi connectivity index (χ4v) is 2.39. The first-order valence-corrected chi connectivity index (χ1v) is 6.91. The Hall–Kier alpha value is -2.29. The standard InChI is InChI=1S/C17H17NO2/c19-17(18-10-8-13-4-2-1-3-5-13)15-6-7-16-14(12-15)9-11-20-16/h1-7,12H,8-11H2,(H,18,19). The van der Waals surface area contributed by atoms with Crippen molar-refractivity contribution in [3.8, 4) is 5.75 Å². The predicted octanol–water partition coefficient (Wildman–Crippen LogP) is 2.59. The second kappa shape index (κ2) is 5.78. The highest BCUT2D eigenvalue weighted by Crippen LogP contribution is 2.25. The summed E-state index contributed by atoms with van der Waals surface area (Å²) in [7, 11) is 0. The quantitative estimate of drug-likeness (QED) is 0.924. The van der Waals surface area contributed by atoms with Crippen molar-refractivity contribution in [1.82, 2.24) is 5.32 Å². The molecule has 3 rings (SSSR count). The van der Waals surface area contributed by atoms with Crippen molar-refractivity contribution < 1.29 is 9.53 Å². The smallest absolute Gasteiger partial charge is 0.251 e. The van der Waals surface area contributed by atoms with E-state index in [1.807, 2.05) is 36.4 Å². The molecule has 0 bridgehead atoms. The number of hydrogen-bond acceptors (Lipinski definition) is 2. The lowest BCUT2D eigenvalue weighted by molar-refractivity contribution is 0.0954. The van der Waals surface area contributed by atoms with E-state index < -0.39 is 0 Å². The van der Waals surface area contributed by atoms with Gasteiger partial charge < -0.3 is 10.1 Å². The van der Waals surface area contributed by atoms with Gasteiger partial charge >= 0.3 is 0 Å². The van der Waals surface area contributed by atoms with E-state index in [1.54, 1.807) is 0 Å². The van der Waals surface area contributed by atoms with Gasteiger partial charge in [-0.2, -0.15) is 0 Å². The van der Waals surface area contributed by atoms with Crippen LogP contribution in [0.15, 0.2) is 48.5 Å². The maximum Gasteiger partial charge on any atom is 0.251 e. The van der Waals surface area contributed by atoms with E-state index >= 15 is 0 Å². The van der Waals surface area contributed by atoms with Gasteiger partial charge in [-0.25, -0.2) is 0 Å². The van der Waals surface area contributed by atoms with Gasteiger partial charge in [0.25, 0.3) is 5.91 Å². The number of carbonyl (C=O) groups excluding carboxylic acids is 1. The Morgan fingerprint density at radius 2 is 2.00 bits per heavy atom. The number of nitrogens with one attached hydrogen (secondary N) is 1. The summed E-state index contributed by atoms with van der Waals surface area (Å²) in [5, 5.41) is 2.96. The molecule has 1 aliphatic rings. The van der Waals surface area contributed by atoms with Crippen LogP contribution in [-0.4, -0.2) is 19.1 Å². The average molecular weight is 267 g/mol. The molecular formula is C17H17NO2. The van der Waals surface area contributed by atoms with E-state index in [9.17, 15) is 4.79 Å². The Labute approximate surface area is 118 Å². The number of hydrogen-bond donors (Lipinski definition) is 1. The summed E-state index contributed by atoms with van der Waals surface area (Å²) in [5.41, 5.74) is 3.07. The van der Waals surface area contributed by atoms with E-state index in [4.69, 9.17) is 4.74 Å². The number of fused-ring (bicyclic) bond motifs is 1. The molecule has 2 aromatic carbocycles. The van der Waals surface area contributed by atoms with E-state index in [1.165, 1.54) is 5.56 Å². The second-order valence-electron chi connectivity index (χ2n) is 4.91. The van der Waals surface area contributed by atoms with Crippen molar-refractivity contribution in [2.24, 2.45) is 0 Å². The van der Waals surface area contributed by atoms with E-state index in [0.717, 1.165) is 24.2 Å². The van der Waals surface area contributed by atoms with Crippen LogP contribution in [0, 0.1) is 0 Å². The number of amides is 1. The summed E-state index contributed by atoms with van der Waals surface area (Å²) < 4.78 is 5.44. The van der Waals surface area contributed by atoms with Gasteiger partial charge in [0.2, 0.25) is 0 Å². The van der Waals surface area contributed by atoms with Gasteiger partial charge in [-0.15, -0.1) is 0 Å². The lowest BCUT2D eigenvalue weighted by atomic mass is 10.1. The van der Waals surface area contributed by atoms with Crippen LogP contribution in [0.3, 0.4) is 0 Å². The van der Waals surface area contributed by atoms with Crippen LogP contribution in [0.5, 0.6) is 5.75 Å². The molecule has 1 aliphatic heterocycles. The molecule has 0 saturated heterocycles. The first-order valence-electron chi connectivity index (χ1n) is 6.91. The van der Waals surface area contributed by atoms with Crippen LogP contribution in [0.4, 0.5) is 0 Å². The Kier molecular flexibility index (Phi) is 3.68. The van der Waals surface area contributed by atoms with Crippen molar-refractivity contribution in [1.29, 1.82) is 0 Å². The molecule has 3 heteroatoms. The zero-order valence-electron chi connectivity index (χ0n) is 11.3. The van der Waals surface area contributed by atoms with E-state index in [-0.39, 0.29) is 5.91 Å². The summed E-state index contributed by atoms with van der Waals surface area (Å²) >= 11 is 0.